The molecule has 2 amide bonds. The summed E-state index contributed by atoms with van der Waals surface area (Å²) in [6.07, 6.45) is 5.88. The molecule has 0 spiro atoms. The van der Waals surface area contributed by atoms with Crippen LogP contribution in [0.4, 0.5) is 10.5 Å². The molecule has 156 valence electrons. The van der Waals surface area contributed by atoms with Crippen molar-refractivity contribution in [1.82, 2.24) is 24.7 Å². The van der Waals surface area contributed by atoms with E-state index in [0.29, 0.717) is 31.2 Å². The zero-order valence-corrected chi connectivity index (χ0v) is 16.8. The highest BCUT2D eigenvalue weighted by molar-refractivity contribution is 5.78. The number of fused-ring (bicyclic) bond motifs is 1. The van der Waals surface area contributed by atoms with Crippen molar-refractivity contribution < 1.29 is 9.72 Å². The second kappa shape index (κ2) is 8.36. The molecule has 1 saturated carbocycles. The van der Waals surface area contributed by atoms with Crippen LogP contribution in [-0.2, 0) is 13.6 Å². The number of aryl methyl sites for hydroxylation is 1. The quantitative estimate of drug-likeness (QED) is 0.629. The van der Waals surface area contributed by atoms with Gasteiger partial charge >= 0.3 is 6.03 Å². The molecule has 2 heterocycles. The molecule has 1 N–H and O–H groups in total. The third-order valence-corrected chi connectivity index (χ3v) is 6.13. The molecule has 0 bridgehead atoms. The van der Waals surface area contributed by atoms with Crippen LogP contribution < -0.4 is 5.32 Å². The van der Waals surface area contributed by atoms with Crippen LogP contribution in [0.3, 0.4) is 0 Å². The summed E-state index contributed by atoms with van der Waals surface area (Å²) >= 11 is 0. The van der Waals surface area contributed by atoms with Crippen molar-refractivity contribution in [1.29, 1.82) is 0 Å². The molecular formula is C20H28N6O3. The van der Waals surface area contributed by atoms with Gasteiger partial charge in [0.05, 0.1) is 22.5 Å². The molecule has 0 unspecified atom stereocenters. The number of carbonyl (C=O) groups excluding carboxylic acids is 1. The van der Waals surface area contributed by atoms with Crippen molar-refractivity contribution >= 4 is 22.8 Å². The van der Waals surface area contributed by atoms with Crippen molar-refractivity contribution in [2.75, 3.05) is 26.2 Å². The summed E-state index contributed by atoms with van der Waals surface area (Å²) in [6.45, 7) is 3.65. The number of rotatable bonds is 4. The summed E-state index contributed by atoms with van der Waals surface area (Å²) in [5, 5.41) is 14.2. The number of nitro groups is 1. The van der Waals surface area contributed by atoms with Gasteiger partial charge in [-0.05, 0) is 18.9 Å². The average Bonchev–Trinajstić information content (AvgIpc) is 3.04. The van der Waals surface area contributed by atoms with E-state index in [-0.39, 0.29) is 11.7 Å². The summed E-state index contributed by atoms with van der Waals surface area (Å²) in [5.41, 5.74) is 1.58. The van der Waals surface area contributed by atoms with E-state index in [9.17, 15) is 14.9 Å². The van der Waals surface area contributed by atoms with Gasteiger partial charge in [-0.3, -0.25) is 15.0 Å². The number of nitrogens with zero attached hydrogens (tertiary/aromatic N) is 5. The normalized spacial score (nSPS) is 18.9. The van der Waals surface area contributed by atoms with E-state index in [4.69, 9.17) is 0 Å². The fraction of sp³-hybridized carbons (Fsp3) is 0.600. The zero-order chi connectivity index (χ0) is 20.4. The molecule has 2 aromatic rings. The molecule has 1 saturated heterocycles. The molecule has 0 radical (unpaired) electrons. The maximum absolute atomic E-state index is 12.5. The SMILES string of the molecule is Cn1c(CN2CCN(C(=O)NC3CCCCC3)CC2)nc2cc([N+](=O)[O-])ccc21. The van der Waals surface area contributed by atoms with Crippen molar-refractivity contribution in [2.45, 2.75) is 44.7 Å². The van der Waals surface area contributed by atoms with E-state index < -0.39 is 4.92 Å². The van der Waals surface area contributed by atoms with Crippen LogP contribution in [0.15, 0.2) is 18.2 Å². The minimum atomic E-state index is -0.397. The van der Waals surface area contributed by atoms with Crippen LogP contribution in [0.5, 0.6) is 0 Å². The van der Waals surface area contributed by atoms with Crippen LogP contribution >= 0.6 is 0 Å². The first-order chi connectivity index (χ1) is 14.0. The fourth-order valence-corrected chi connectivity index (χ4v) is 4.31. The molecule has 0 atom stereocenters. The van der Waals surface area contributed by atoms with Crippen molar-refractivity contribution in [2.24, 2.45) is 7.05 Å². The number of carbonyl (C=O) groups is 1. The molecule has 2 fully saturated rings. The second-order valence-electron chi connectivity index (χ2n) is 8.06. The summed E-state index contributed by atoms with van der Waals surface area (Å²) in [7, 11) is 1.93. The maximum Gasteiger partial charge on any atom is 0.317 e. The van der Waals surface area contributed by atoms with Crippen LogP contribution in [0.25, 0.3) is 11.0 Å². The molecule has 4 rings (SSSR count). The predicted molar refractivity (Wildman–Crippen MR) is 110 cm³/mol. The molecule has 1 aliphatic heterocycles. The Morgan fingerprint density at radius 1 is 1.21 bits per heavy atom. The fourth-order valence-electron chi connectivity index (χ4n) is 4.31. The lowest BCUT2D eigenvalue weighted by Crippen LogP contribution is -2.53. The van der Waals surface area contributed by atoms with E-state index in [1.807, 2.05) is 16.5 Å². The summed E-state index contributed by atoms with van der Waals surface area (Å²) in [5.74, 6) is 0.876. The Morgan fingerprint density at radius 2 is 1.93 bits per heavy atom. The Labute approximate surface area is 169 Å². The van der Waals surface area contributed by atoms with Crippen LogP contribution in [0, 0.1) is 10.1 Å². The Bertz CT molecular complexity index is 897. The van der Waals surface area contributed by atoms with E-state index in [1.165, 1.54) is 31.4 Å². The molecule has 9 heteroatoms. The number of aromatic nitrogens is 2. The first-order valence-electron chi connectivity index (χ1n) is 10.4. The van der Waals surface area contributed by atoms with Gasteiger partial charge in [0, 0.05) is 51.4 Å². The van der Waals surface area contributed by atoms with Gasteiger partial charge in [-0.1, -0.05) is 19.3 Å². The Morgan fingerprint density at radius 3 is 2.62 bits per heavy atom. The summed E-state index contributed by atoms with van der Waals surface area (Å²) in [6, 6.07) is 5.17. The Hall–Kier alpha value is -2.68. The van der Waals surface area contributed by atoms with Gasteiger partial charge < -0.3 is 14.8 Å². The van der Waals surface area contributed by atoms with E-state index in [0.717, 1.165) is 37.3 Å². The number of piperazine rings is 1. The summed E-state index contributed by atoms with van der Waals surface area (Å²) < 4.78 is 1.99. The number of hydrogen-bond donors (Lipinski definition) is 1. The topological polar surface area (TPSA) is 96.5 Å². The van der Waals surface area contributed by atoms with Gasteiger partial charge in [-0.15, -0.1) is 0 Å². The van der Waals surface area contributed by atoms with Gasteiger partial charge in [0.15, 0.2) is 0 Å². The van der Waals surface area contributed by atoms with E-state index in [2.05, 4.69) is 15.2 Å². The molecule has 1 aliphatic carbocycles. The number of benzene rings is 1. The minimum absolute atomic E-state index is 0.0553. The Balaban J connectivity index is 1.34. The van der Waals surface area contributed by atoms with Gasteiger partial charge in [0.1, 0.15) is 5.82 Å². The number of non-ortho nitro benzene ring substituents is 1. The lowest BCUT2D eigenvalue weighted by Gasteiger charge is -2.35. The number of amides is 2. The largest absolute Gasteiger partial charge is 0.335 e. The van der Waals surface area contributed by atoms with Gasteiger partial charge in [-0.2, -0.15) is 0 Å². The third-order valence-electron chi connectivity index (χ3n) is 6.13. The van der Waals surface area contributed by atoms with E-state index in [1.54, 1.807) is 6.07 Å². The molecule has 9 nitrogen and oxygen atoms in total. The molecule has 2 aliphatic rings. The summed E-state index contributed by atoms with van der Waals surface area (Å²) in [4.78, 5) is 31.9. The van der Waals surface area contributed by atoms with Crippen molar-refractivity contribution in [3.8, 4) is 0 Å². The number of hydrogen-bond acceptors (Lipinski definition) is 5. The van der Waals surface area contributed by atoms with Gasteiger partial charge in [0.2, 0.25) is 0 Å². The maximum atomic E-state index is 12.5. The van der Waals surface area contributed by atoms with Crippen LogP contribution in [0.1, 0.15) is 37.9 Å². The average molecular weight is 400 g/mol. The highest BCUT2D eigenvalue weighted by atomic mass is 16.6. The molecular weight excluding hydrogens is 372 g/mol. The van der Waals surface area contributed by atoms with Gasteiger partial charge in [0.25, 0.3) is 5.69 Å². The number of urea groups is 1. The van der Waals surface area contributed by atoms with Crippen molar-refractivity contribution in [3.63, 3.8) is 0 Å². The third kappa shape index (κ3) is 4.34. The first-order valence-corrected chi connectivity index (χ1v) is 10.4. The predicted octanol–water partition coefficient (Wildman–Crippen LogP) is 2.64. The van der Waals surface area contributed by atoms with E-state index >= 15 is 0 Å². The standard InChI is InChI=1S/C20H28N6O3/c1-23-18-8-7-16(26(28)29)13-17(18)22-19(23)14-24-9-11-25(12-10-24)20(27)21-15-5-3-2-4-6-15/h7-8,13,15H,2-6,9-12,14H2,1H3,(H,21,27). The first kappa shape index (κ1) is 19.6. The smallest absolute Gasteiger partial charge is 0.317 e. The number of nitrogens with one attached hydrogen (secondary N) is 1. The Kier molecular flexibility index (Phi) is 5.66. The van der Waals surface area contributed by atoms with Crippen molar-refractivity contribution in [3.05, 3.63) is 34.1 Å². The lowest BCUT2D eigenvalue weighted by atomic mass is 9.96. The number of nitro benzene ring substituents is 1. The van der Waals surface area contributed by atoms with Crippen LogP contribution in [-0.4, -0.2) is 62.5 Å². The highest BCUT2D eigenvalue weighted by Crippen LogP contribution is 2.22. The zero-order valence-electron chi connectivity index (χ0n) is 16.8. The molecule has 29 heavy (non-hydrogen) atoms. The molecule has 1 aromatic carbocycles. The monoisotopic (exact) mass is 400 g/mol. The van der Waals surface area contributed by atoms with Crippen LogP contribution in [0.2, 0.25) is 0 Å². The lowest BCUT2D eigenvalue weighted by molar-refractivity contribution is -0.384. The highest BCUT2D eigenvalue weighted by Gasteiger charge is 2.25. The molecule has 1 aromatic heterocycles. The number of imidazole rings is 1. The second-order valence-corrected chi connectivity index (χ2v) is 8.06. The van der Waals surface area contributed by atoms with Gasteiger partial charge in [-0.25, -0.2) is 9.78 Å². The minimum Gasteiger partial charge on any atom is -0.335 e.